The molecule has 0 aliphatic carbocycles. The molecule has 16 heavy (non-hydrogen) atoms. The highest BCUT2D eigenvalue weighted by Crippen LogP contribution is 2.16. The zero-order valence-electron chi connectivity index (χ0n) is 11.2. The number of nitrogens with zero attached hydrogens (tertiary/aromatic N) is 2. The molecule has 0 radical (unpaired) electrons. The minimum absolute atomic E-state index is 0.202. The topological polar surface area (TPSA) is 40.6 Å². The van der Waals surface area contributed by atoms with Gasteiger partial charge in [0.1, 0.15) is 0 Å². The molecule has 0 bridgehead atoms. The van der Waals surface area contributed by atoms with Gasteiger partial charge in [-0.2, -0.15) is 0 Å². The maximum atomic E-state index is 11.3. The minimum Gasteiger partial charge on any atom is -0.303 e. The second-order valence-corrected chi connectivity index (χ2v) is 5.99. The molecule has 0 unspecified atom stereocenters. The van der Waals surface area contributed by atoms with Crippen LogP contribution >= 0.6 is 0 Å². The Hall–Kier alpha value is -0.130. The molecule has 0 N–H and O–H groups in total. The first-order valence-electron chi connectivity index (χ1n) is 6.10. The third-order valence-electron chi connectivity index (χ3n) is 3.04. The van der Waals surface area contributed by atoms with Crippen molar-refractivity contribution in [2.75, 3.05) is 32.9 Å². The molecule has 1 saturated heterocycles. The summed E-state index contributed by atoms with van der Waals surface area (Å²) in [4.78, 5) is 2.35. The molecule has 1 heterocycles. The molecule has 0 aromatic rings. The summed E-state index contributed by atoms with van der Waals surface area (Å²) < 4.78 is 24.1. The van der Waals surface area contributed by atoms with Gasteiger partial charge in [-0.05, 0) is 32.5 Å². The van der Waals surface area contributed by atoms with Gasteiger partial charge in [-0.15, -0.1) is 0 Å². The fraction of sp³-hybridized carbons (Fsp3) is 1.00. The number of piperidine rings is 1. The maximum absolute atomic E-state index is 11.3. The average Bonchev–Trinajstić information content (AvgIpc) is 2.30. The van der Waals surface area contributed by atoms with E-state index < -0.39 is 10.0 Å². The fourth-order valence-electron chi connectivity index (χ4n) is 1.87. The summed E-state index contributed by atoms with van der Waals surface area (Å²) in [6.07, 6.45) is 3.19. The molecule has 0 saturated carbocycles. The van der Waals surface area contributed by atoms with Crippen molar-refractivity contribution < 1.29 is 8.42 Å². The molecular formula is C11H26N2O2S. The largest absolute Gasteiger partial charge is 0.303 e. The van der Waals surface area contributed by atoms with Gasteiger partial charge in [-0.3, -0.25) is 0 Å². The first kappa shape index (κ1) is 15.9. The molecule has 0 aromatic heterocycles. The molecule has 4 nitrogen and oxygen atoms in total. The quantitative estimate of drug-likeness (QED) is 0.760. The first-order valence-corrected chi connectivity index (χ1v) is 7.95. The Kier molecular flexibility index (Phi) is 7.19. The zero-order chi connectivity index (χ0) is 12.8. The lowest BCUT2D eigenvalue weighted by atomic mass is 10.1. The van der Waals surface area contributed by atoms with Crippen molar-refractivity contribution in [3.8, 4) is 0 Å². The van der Waals surface area contributed by atoms with Crippen molar-refractivity contribution in [2.24, 2.45) is 0 Å². The van der Waals surface area contributed by atoms with Crippen LogP contribution in [0.4, 0.5) is 0 Å². The van der Waals surface area contributed by atoms with Gasteiger partial charge in [0.2, 0.25) is 10.0 Å². The van der Waals surface area contributed by atoms with E-state index in [4.69, 9.17) is 0 Å². The van der Waals surface area contributed by atoms with Gasteiger partial charge in [0, 0.05) is 13.1 Å². The van der Waals surface area contributed by atoms with E-state index in [2.05, 4.69) is 11.8 Å². The van der Waals surface area contributed by atoms with Crippen LogP contribution < -0.4 is 0 Å². The third kappa shape index (κ3) is 4.80. The smallest absolute Gasteiger partial charge is 0.211 e. The Morgan fingerprint density at radius 1 is 1.25 bits per heavy atom. The molecular weight excluding hydrogens is 224 g/mol. The van der Waals surface area contributed by atoms with Gasteiger partial charge in [0.05, 0.1) is 6.26 Å². The molecule has 98 valence electrons. The highest BCUT2D eigenvalue weighted by atomic mass is 32.2. The lowest BCUT2D eigenvalue weighted by Crippen LogP contribution is -2.45. The summed E-state index contributed by atoms with van der Waals surface area (Å²) in [5, 5.41) is 0. The van der Waals surface area contributed by atoms with Gasteiger partial charge in [-0.1, -0.05) is 20.8 Å². The van der Waals surface area contributed by atoms with Gasteiger partial charge in [0.25, 0.3) is 0 Å². The highest BCUT2D eigenvalue weighted by Gasteiger charge is 2.26. The Labute approximate surface area is 101 Å². The standard InChI is InChI=1S/C9H20N2O2S.C2H6/c1-4-11-7-5-9(6-8-11)10(2)14(3,12)13;1-2/h9H,4-8H2,1-3H3;1-2H3. The van der Waals surface area contributed by atoms with E-state index >= 15 is 0 Å². The summed E-state index contributed by atoms with van der Waals surface area (Å²) in [6.45, 7) is 9.23. The number of sulfonamides is 1. The Morgan fingerprint density at radius 3 is 2.00 bits per heavy atom. The summed E-state index contributed by atoms with van der Waals surface area (Å²) in [6, 6.07) is 0.202. The van der Waals surface area contributed by atoms with Crippen LogP contribution in [0.15, 0.2) is 0 Å². The number of likely N-dealkylation sites (tertiary alicyclic amines) is 1. The van der Waals surface area contributed by atoms with Crippen LogP contribution in [-0.4, -0.2) is 56.6 Å². The van der Waals surface area contributed by atoms with Crippen molar-refractivity contribution in [3.05, 3.63) is 0 Å². The van der Waals surface area contributed by atoms with Crippen molar-refractivity contribution >= 4 is 10.0 Å². The lowest BCUT2D eigenvalue weighted by Gasteiger charge is -2.35. The van der Waals surface area contributed by atoms with Crippen molar-refractivity contribution in [1.29, 1.82) is 0 Å². The number of hydrogen-bond acceptors (Lipinski definition) is 3. The molecule has 1 aliphatic rings. The van der Waals surface area contributed by atoms with Crippen molar-refractivity contribution in [3.63, 3.8) is 0 Å². The predicted molar refractivity (Wildman–Crippen MR) is 69.1 cm³/mol. The Bertz CT molecular complexity index is 270. The number of hydrogen-bond donors (Lipinski definition) is 0. The van der Waals surface area contributed by atoms with Gasteiger partial charge < -0.3 is 4.90 Å². The zero-order valence-corrected chi connectivity index (χ0v) is 12.0. The van der Waals surface area contributed by atoms with E-state index in [0.29, 0.717) is 0 Å². The van der Waals surface area contributed by atoms with Crippen LogP contribution in [0.25, 0.3) is 0 Å². The van der Waals surface area contributed by atoms with Gasteiger partial charge in [0.15, 0.2) is 0 Å². The normalized spacial score (nSPS) is 19.4. The van der Waals surface area contributed by atoms with E-state index in [9.17, 15) is 8.42 Å². The van der Waals surface area contributed by atoms with Crippen LogP contribution in [0.1, 0.15) is 33.6 Å². The first-order chi connectivity index (χ1) is 7.45. The van der Waals surface area contributed by atoms with Crippen LogP contribution in [0.3, 0.4) is 0 Å². The molecule has 1 aliphatic heterocycles. The third-order valence-corrected chi connectivity index (χ3v) is 4.39. The lowest BCUT2D eigenvalue weighted by molar-refractivity contribution is 0.177. The van der Waals surface area contributed by atoms with E-state index in [-0.39, 0.29) is 6.04 Å². The Morgan fingerprint density at radius 2 is 1.69 bits per heavy atom. The predicted octanol–water partition coefficient (Wildman–Crippen LogP) is 1.39. The average molecular weight is 250 g/mol. The summed E-state index contributed by atoms with van der Waals surface area (Å²) >= 11 is 0. The second-order valence-electron chi connectivity index (χ2n) is 3.94. The van der Waals surface area contributed by atoms with Crippen molar-refractivity contribution in [1.82, 2.24) is 9.21 Å². The van der Waals surface area contributed by atoms with Crippen LogP contribution in [0.5, 0.6) is 0 Å². The fourth-order valence-corrected chi connectivity index (χ4v) is 2.62. The molecule has 0 aromatic carbocycles. The van der Waals surface area contributed by atoms with Crippen LogP contribution in [0, 0.1) is 0 Å². The SMILES string of the molecule is CC.CCN1CCC(N(C)S(C)(=O)=O)CC1. The summed E-state index contributed by atoms with van der Waals surface area (Å²) in [7, 11) is -1.33. The summed E-state index contributed by atoms with van der Waals surface area (Å²) in [5.74, 6) is 0. The molecule has 0 atom stereocenters. The maximum Gasteiger partial charge on any atom is 0.211 e. The molecule has 0 spiro atoms. The van der Waals surface area contributed by atoms with E-state index in [1.807, 2.05) is 13.8 Å². The monoisotopic (exact) mass is 250 g/mol. The van der Waals surface area contributed by atoms with E-state index in [1.54, 1.807) is 7.05 Å². The molecule has 1 rings (SSSR count). The number of rotatable bonds is 3. The minimum atomic E-state index is -3.01. The molecule has 1 fully saturated rings. The van der Waals surface area contributed by atoms with Gasteiger partial charge >= 0.3 is 0 Å². The molecule has 0 amide bonds. The van der Waals surface area contributed by atoms with Crippen molar-refractivity contribution in [2.45, 2.75) is 39.7 Å². The second kappa shape index (κ2) is 7.25. The molecule has 5 heteroatoms. The highest BCUT2D eigenvalue weighted by molar-refractivity contribution is 7.88. The van der Waals surface area contributed by atoms with Crippen LogP contribution in [-0.2, 0) is 10.0 Å². The van der Waals surface area contributed by atoms with E-state index in [1.165, 1.54) is 10.6 Å². The Balaban J connectivity index is 0.00000106. The van der Waals surface area contributed by atoms with E-state index in [0.717, 1.165) is 32.5 Å². The summed E-state index contributed by atoms with van der Waals surface area (Å²) in [5.41, 5.74) is 0. The van der Waals surface area contributed by atoms with Crippen LogP contribution in [0.2, 0.25) is 0 Å². The van der Waals surface area contributed by atoms with Gasteiger partial charge in [-0.25, -0.2) is 12.7 Å².